The largest absolute Gasteiger partial charge is 0.481 e. The molecule has 25 heavy (non-hydrogen) atoms. The van der Waals surface area contributed by atoms with Crippen LogP contribution in [0.4, 0.5) is 26.3 Å². The van der Waals surface area contributed by atoms with Crippen molar-refractivity contribution in [2.45, 2.75) is 37.7 Å². The summed E-state index contributed by atoms with van der Waals surface area (Å²) in [5.41, 5.74) is -4.03. The van der Waals surface area contributed by atoms with Gasteiger partial charge in [0.2, 0.25) is 0 Å². The molecule has 0 aliphatic heterocycles. The highest BCUT2D eigenvalue weighted by Gasteiger charge is 2.38. The Morgan fingerprint density at radius 3 is 1.92 bits per heavy atom. The van der Waals surface area contributed by atoms with E-state index in [1.807, 2.05) is 0 Å². The first-order valence-corrected chi connectivity index (χ1v) is 7.22. The second kappa shape index (κ2) is 6.57. The van der Waals surface area contributed by atoms with Crippen LogP contribution in [0, 0.1) is 5.92 Å². The van der Waals surface area contributed by atoms with E-state index in [0.717, 1.165) is 0 Å². The highest BCUT2D eigenvalue weighted by Crippen LogP contribution is 2.36. The van der Waals surface area contributed by atoms with E-state index in [1.54, 1.807) is 0 Å². The van der Waals surface area contributed by atoms with Crippen molar-refractivity contribution in [1.82, 2.24) is 5.32 Å². The normalized spacial score (nSPS) is 21.2. The van der Waals surface area contributed by atoms with Gasteiger partial charge in [-0.25, -0.2) is 0 Å². The van der Waals surface area contributed by atoms with Gasteiger partial charge in [0.05, 0.1) is 17.0 Å². The van der Waals surface area contributed by atoms with Crippen molar-refractivity contribution >= 4 is 11.9 Å². The quantitative estimate of drug-likeness (QED) is 0.799. The van der Waals surface area contributed by atoms with Gasteiger partial charge in [-0.1, -0.05) is 6.42 Å². The predicted molar refractivity (Wildman–Crippen MR) is 72.7 cm³/mol. The van der Waals surface area contributed by atoms with E-state index in [0.29, 0.717) is 18.6 Å². The highest BCUT2D eigenvalue weighted by molar-refractivity contribution is 5.95. The van der Waals surface area contributed by atoms with Gasteiger partial charge in [-0.2, -0.15) is 26.3 Å². The molecule has 10 heteroatoms. The van der Waals surface area contributed by atoms with Gasteiger partial charge in [0.1, 0.15) is 0 Å². The van der Waals surface area contributed by atoms with Crippen LogP contribution in [0.25, 0.3) is 0 Å². The molecule has 1 aliphatic carbocycles. The molecule has 0 saturated heterocycles. The Bertz CT molecular complexity index is 651. The number of carboxylic acids is 1. The second-order valence-corrected chi connectivity index (χ2v) is 5.75. The Kier molecular flexibility index (Phi) is 5.01. The van der Waals surface area contributed by atoms with E-state index < -0.39 is 52.9 Å². The molecule has 0 aromatic heterocycles. The number of amides is 1. The Morgan fingerprint density at radius 1 is 0.960 bits per heavy atom. The Hall–Kier alpha value is -2.26. The standard InChI is InChI=1S/C15H13F6NO3/c16-14(17,18)8-4-7(5-9(6-8)15(19,20)21)12(23)22-11-3-1-2-10(11)13(24)25/h4-6,10-11H,1-3H2,(H,22,23)(H,24,25)/t10-,11+/m1/s1. The number of carbonyl (C=O) groups is 2. The lowest BCUT2D eigenvalue weighted by Gasteiger charge is -2.19. The van der Waals surface area contributed by atoms with Gasteiger partial charge in [-0.15, -0.1) is 0 Å². The molecule has 0 unspecified atom stereocenters. The highest BCUT2D eigenvalue weighted by atomic mass is 19.4. The lowest BCUT2D eigenvalue weighted by atomic mass is 10.0. The van der Waals surface area contributed by atoms with E-state index >= 15 is 0 Å². The lowest BCUT2D eigenvalue weighted by Crippen LogP contribution is -2.40. The molecule has 0 bridgehead atoms. The number of hydrogen-bond acceptors (Lipinski definition) is 2. The molecule has 2 atom stereocenters. The average Bonchev–Trinajstić information content (AvgIpc) is 2.93. The molecule has 1 aromatic carbocycles. The van der Waals surface area contributed by atoms with Gasteiger partial charge in [0.25, 0.3) is 5.91 Å². The minimum absolute atomic E-state index is 0.0770. The van der Waals surface area contributed by atoms with Crippen molar-refractivity contribution < 1.29 is 41.0 Å². The van der Waals surface area contributed by atoms with Gasteiger partial charge in [-0.05, 0) is 31.0 Å². The maximum Gasteiger partial charge on any atom is 0.416 e. The summed E-state index contributed by atoms with van der Waals surface area (Å²) in [5, 5.41) is 11.2. The summed E-state index contributed by atoms with van der Waals surface area (Å²) in [7, 11) is 0. The van der Waals surface area contributed by atoms with Crippen LogP contribution < -0.4 is 5.32 Å². The molecule has 1 aliphatic rings. The second-order valence-electron chi connectivity index (χ2n) is 5.75. The molecule has 0 radical (unpaired) electrons. The van der Waals surface area contributed by atoms with Crippen LogP contribution in [-0.4, -0.2) is 23.0 Å². The molecule has 2 N–H and O–H groups in total. The molecular formula is C15H13F6NO3. The van der Waals surface area contributed by atoms with E-state index in [2.05, 4.69) is 5.32 Å². The van der Waals surface area contributed by atoms with E-state index in [-0.39, 0.29) is 18.9 Å². The number of benzene rings is 1. The molecule has 1 fully saturated rings. The van der Waals surface area contributed by atoms with Crippen LogP contribution in [0.1, 0.15) is 40.7 Å². The molecule has 1 amide bonds. The van der Waals surface area contributed by atoms with Gasteiger partial charge in [0.15, 0.2) is 0 Å². The zero-order valence-corrected chi connectivity index (χ0v) is 12.5. The summed E-state index contributed by atoms with van der Waals surface area (Å²) in [6.45, 7) is 0. The van der Waals surface area contributed by atoms with Crippen LogP contribution in [0.5, 0.6) is 0 Å². The van der Waals surface area contributed by atoms with Crippen molar-refractivity contribution in [3.8, 4) is 0 Å². The fourth-order valence-corrected chi connectivity index (χ4v) is 2.77. The third-order valence-electron chi connectivity index (χ3n) is 4.00. The van der Waals surface area contributed by atoms with Gasteiger partial charge in [-0.3, -0.25) is 9.59 Å². The van der Waals surface area contributed by atoms with Crippen molar-refractivity contribution in [3.63, 3.8) is 0 Å². The van der Waals surface area contributed by atoms with E-state index in [1.165, 1.54) is 0 Å². The van der Waals surface area contributed by atoms with E-state index in [9.17, 15) is 35.9 Å². The van der Waals surface area contributed by atoms with Crippen molar-refractivity contribution in [3.05, 3.63) is 34.9 Å². The fourth-order valence-electron chi connectivity index (χ4n) is 2.77. The maximum atomic E-state index is 12.8. The third-order valence-corrected chi connectivity index (χ3v) is 4.00. The number of carbonyl (C=O) groups excluding carboxylic acids is 1. The number of carboxylic acid groups (broad SMARTS) is 1. The number of nitrogens with one attached hydrogen (secondary N) is 1. The number of hydrogen-bond donors (Lipinski definition) is 2. The molecular weight excluding hydrogens is 356 g/mol. The fraction of sp³-hybridized carbons (Fsp3) is 0.467. The minimum Gasteiger partial charge on any atom is -0.481 e. The summed E-state index contributed by atoms with van der Waals surface area (Å²) in [6.07, 6.45) is -9.08. The van der Waals surface area contributed by atoms with Crippen molar-refractivity contribution in [2.75, 3.05) is 0 Å². The first kappa shape index (κ1) is 19.1. The average molecular weight is 369 g/mol. The summed E-state index contributed by atoms with van der Waals surface area (Å²) >= 11 is 0. The van der Waals surface area contributed by atoms with Crippen LogP contribution in [0.3, 0.4) is 0 Å². The number of alkyl halides is 6. The molecule has 4 nitrogen and oxygen atoms in total. The van der Waals surface area contributed by atoms with Gasteiger partial charge < -0.3 is 10.4 Å². The zero-order valence-electron chi connectivity index (χ0n) is 12.5. The minimum atomic E-state index is -5.06. The van der Waals surface area contributed by atoms with Crippen LogP contribution in [-0.2, 0) is 17.1 Å². The zero-order chi connectivity index (χ0) is 19.0. The number of halogens is 6. The monoisotopic (exact) mass is 369 g/mol. The maximum absolute atomic E-state index is 12.8. The van der Waals surface area contributed by atoms with Gasteiger partial charge in [0, 0.05) is 11.6 Å². The third kappa shape index (κ3) is 4.43. The van der Waals surface area contributed by atoms with E-state index in [4.69, 9.17) is 5.11 Å². The molecule has 0 spiro atoms. The molecule has 1 saturated carbocycles. The first-order chi connectivity index (χ1) is 11.4. The summed E-state index contributed by atoms with van der Waals surface area (Å²) < 4.78 is 76.8. The predicted octanol–water partition coefficient (Wildman–Crippen LogP) is 3.71. The van der Waals surface area contributed by atoms with Crippen molar-refractivity contribution in [2.24, 2.45) is 5.92 Å². The summed E-state index contributed by atoms with van der Waals surface area (Å²) in [4.78, 5) is 23.1. The number of rotatable bonds is 3. The Balaban J connectivity index is 2.34. The Labute approximate surface area is 137 Å². The number of aliphatic carboxylic acids is 1. The topological polar surface area (TPSA) is 66.4 Å². The molecule has 0 heterocycles. The van der Waals surface area contributed by atoms with Crippen LogP contribution >= 0.6 is 0 Å². The molecule has 2 rings (SSSR count). The Morgan fingerprint density at radius 2 is 1.48 bits per heavy atom. The first-order valence-electron chi connectivity index (χ1n) is 7.22. The molecule has 138 valence electrons. The smallest absolute Gasteiger partial charge is 0.416 e. The molecule has 1 aromatic rings. The summed E-state index contributed by atoms with van der Waals surface area (Å²) in [6, 6.07) is -0.286. The van der Waals surface area contributed by atoms with Crippen LogP contribution in [0.2, 0.25) is 0 Å². The van der Waals surface area contributed by atoms with Crippen molar-refractivity contribution in [1.29, 1.82) is 0 Å². The lowest BCUT2D eigenvalue weighted by molar-refractivity contribution is -0.143. The summed E-state index contributed by atoms with van der Waals surface area (Å²) in [5.74, 6) is -3.27. The van der Waals surface area contributed by atoms with Gasteiger partial charge >= 0.3 is 18.3 Å². The SMILES string of the molecule is O=C(N[C@H]1CCC[C@H]1C(=O)O)c1cc(C(F)(F)F)cc(C(F)(F)F)c1. The van der Waals surface area contributed by atoms with Crippen LogP contribution in [0.15, 0.2) is 18.2 Å².